The average molecular weight is 423 g/mol. The van der Waals surface area contributed by atoms with Gasteiger partial charge in [-0.2, -0.15) is 0 Å². The molecule has 0 unspecified atom stereocenters. The molecule has 1 heterocycles. The molecular formula is C24H34BN3O3. The Labute approximate surface area is 186 Å². The zero-order valence-corrected chi connectivity index (χ0v) is 19.6. The normalized spacial score (nSPS) is 21.4. The van der Waals surface area contributed by atoms with Crippen LogP contribution in [0, 0.1) is 0 Å². The van der Waals surface area contributed by atoms with Gasteiger partial charge >= 0.3 is 7.12 Å². The minimum absolute atomic E-state index is 0.460. The van der Waals surface area contributed by atoms with Crippen LogP contribution in [0.15, 0.2) is 40.0 Å². The van der Waals surface area contributed by atoms with Crippen LogP contribution in [0.4, 0.5) is 5.69 Å². The highest BCUT2D eigenvalue weighted by atomic mass is 16.7. The van der Waals surface area contributed by atoms with Crippen molar-refractivity contribution in [2.45, 2.75) is 77.5 Å². The Balaban J connectivity index is 1.96. The van der Waals surface area contributed by atoms with Crippen molar-refractivity contribution in [3.8, 4) is 0 Å². The Bertz CT molecular complexity index is 885. The standard InChI is InChI=1S/C24H34BN3O3/c1-17(15-26-6)22(28(7)20-10-8-9-11-20)27-19-12-13-21(18(14-19)16-29)25-30-23(2,3)24(4,5)31-25/h12-16,20H,6,8-11H2,1-5,7H3/b17-15-,27-22?. The average Bonchev–Trinajstić information content (AvgIpc) is 3.32. The Morgan fingerprint density at radius 3 is 2.35 bits per heavy atom. The predicted molar refractivity (Wildman–Crippen MR) is 128 cm³/mol. The second-order valence-corrected chi connectivity index (χ2v) is 9.50. The summed E-state index contributed by atoms with van der Waals surface area (Å²) in [4.78, 5) is 23.0. The van der Waals surface area contributed by atoms with Crippen LogP contribution >= 0.6 is 0 Å². The quantitative estimate of drug-likeness (QED) is 0.296. The maximum absolute atomic E-state index is 11.9. The maximum atomic E-state index is 11.9. The molecule has 7 heteroatoms. The molecule has 0 bridgehead atoms. The van der Waals surface area contributed by atoms with Gasteiger partial charge in [-0.05, 0) is 71.8 Å². The largest absolute Gasteiger partial charge is 0.495 e. The van der Waals surface area contributed by atoms with E-state index >= 15 is 0 Å². The van der Waals surface area contributed by atoms with Crippen molar-refractivity contribution in [2.75, 3.05) is 7.05 Å². The monoisotopic (exact) mass is 423 g/mol. The second kappa shape index (κ2) is 9.09. The molecule has 0 amide bonds. The molecule has 0 radical (unpaired) electrons. The summed E-state index contributed by atoms with van der Waals surface area (Å²) in [5.74, 6) is 0.847. The summed E-state index contributed by atoms with van der Waals surface area (Å²) in [5.41, 5.74) is 1.95. The fourth-order valence-corrected chi connectivity index (χ4v) is 4.15. The highest BCUT2D eigenvalue weighted by molar-refractivity contribution is 6.63. The van der Waals surface area contributed by atoms with E-state index in [9.17, 15) is 4.79 Å². The lowest BCUT2D eigenvalue weighted by Gasteiger charge is -2.32. The molecule has 1 aromatic carbocycles. The maximum Gasteiger partial charge on any atom is 0.495 e. The lowest BCUT2D eigenvalue weighted by Crippen LogP contribution is -2.41. The summed E-state index contributed by atoms with van der Waals surface area (Å²) in [6.07, 6.45) is 7.36. The van der Waals surface area contributed by atoms with Crippen LogP contribution in [0.1, 0.15) is 70.7 Å². The van der Waals surface area contributed by atoms with Gasteiger partial charge in [0.05, 0.1) is 16.9 Å². The van der Waals surface area contributed by atoms with E-state index in [0.717, 1.165) is 36.0 Å². The number of amidine groups is 1. The molecule has 0 spiro atoms. The number of carbonyl (C=O) groups excluding carboxylic acids is 1. The molecule has 1 aromatic rings. The van der Waals surface area contributed by atoms with Crippen molar-refractivity contribution >= 4 is 37.1 Å². The third kappa shape index (κ3) is 4.83. The zero-order valence-electron chi connectivity index (χ0n) is 19.6. The smallest absolute Gasteiger partial charge is 0.399 e. The van der Waals surface area contributed by atoms with Gasteiger partial charge < -0.3 is 14.2 Å². The predicted octanol–water partition coefficient (Wildman–Crippen LogP) is 4.31. The van der Waals surface area contributed by atoms with E-state index in [1.54, 1.807) is 12.3 Å². The van der Waals surface area contributed by atoms with E-state index in [1.165, 1.54) is 12.8 Å². The first-order valence-electron chi connectivity index (χ1n) is 11.0. The van der Waals surface area contributed by atoms with E-state index in [1.807, 2.05) is 46.8 Å². The van der Waals surface area contributed by atoms with Gasteiger partial charge in [-0.3, -0.25) is 9.79 Å². The molecule has 1 saturated heterocycles. The second-order valence-electron chi connectivity index (χ2n) is 9.50. The molecule has 0 atom stereocenters. The van der Waals surface area contributed by atoms with Crippen molar-refractivity contribution in [3.05, 3.63) is 35.5 Å². The van der Waals surface area contributed by atoms with Crippen molar-refractivity contribution < 1.29 is 14.1 Å². The third-order valence-electron chi connectivity index (χ3n) is 6.78. The van der Waals surface area contributed by atoms with Crippen LogP contribution in [0.5, 0.6) is 0 Å². The van der Waals surface area contributed by atoms with Crippen molar-refractivity contribution in [1.82, 2.24) is 4.90 Å². The first-order valence-corrected chi connectivity index (χ1v) is 11.0. The van der Waals surface area contributed by atoms with Crippen LogP contribution in [0.3, 0.4) is 0 Å². The number of rotatable bonds is 6. The number of aliphatic imine (C=N–C) groups is 2. The van der Waals surface area contributed by atoms with Crippen LogP contribution in [0.25, 0.3) is 0 Å². The Kier molecular flexibility index (Phi) is 6.87. The van der Waals surface area contributed by atoms with E-state index in [4.69, 9.17) is 14.3 Å². The van der Waals surface area contributed by atoms with E-state index in [-0.39, 0.29) is 0 Å². The molecule has 31 heavy (non-hydrogen) atoms. The van der Waals surface area contributed by atoms with E-state index < -0.39 is 18.3 Å². The van der Waals surface area contributed by atoms with Gasteiger partial charge in [0.1, 0.15) is 12.1 Å². The summed E-state index contributed by atoms with van der Waals surface area (Å²) in [5, 5.41) is 0. The van der Waals surface area contributed by atoms with Gasteiger partial charge in [-0.1, -0.05) is 18.9 Å². The van der Waals surface area contributed by atoms with Crippen LogP contribution in [-0.4, -0.2) is 55.1 Å². The fraction of sp³-hybridized carbons (Fsp3) is 0.542. The lowest BCUT2D eigenvalue weighted by molar-refractivity contribution is 0.00578. The van der Waals surface area contributed by atoms with Gasteiger partial charge in [0.15, 0.2) is 0 Å². The highest BCUT2D eigenvalue weighted by Crippen LogP contribution is 2.37. The van der Waals surface area contributed by atoms with Crippen molar-refractivity contribution in [1.29, 1.82) is 0 Å². The fourth-order valence-electron chi connectivity index (χ4n) is 4.15. The summed E-state index contributed by atoms with van der Waals surface area (Å²) >= 11 is 0. The SMILES string of the molecule is C=N/C=C(/C)C(=Nc1ccc(B2OC(C)(C)C(C)(C)O2)c(C=O)c1)N(C)C1CCCC1. The van der Waals surface area contributed by atoms with Crippen molar-refractivity contribution in [2.24, 2.45) is 9.98 Å². The third-order valence-corrected chi connectivity index (χ3v) is 6.78. The van der Waals surface area contributed by atoms with Gasteiger partial charge in [0, 0.05) is 30.4 Å². The number of likely N-dealkylation sites (N-methyl/N-ethyl adjacent to an activating group) is 1. The van der Waals surface area contributed by atoms with Gasteiger partial charge in [-0.25, -0.2) is 4.99 Å². The van der Waals surface area contributed by atoms with Crippen molar-refractivity contribution in [3.63, 3.8) is 0 Å². The van der Waals surface area contributed by atoms with E-state index in [2.05, 4.69) is 23.7 Å². The van der Waals surface area contributed by atoms with Gasteiger partial charge in [0.25, 0.3) is 0 Å². The molecule has 2 aliphatic rings. The Morgan fingerprint density at radius 1 is 1.19 bits per heavy atom. The first kappa shape index (κ1) is 23.4. The Hall–Kier alpha value is -2.25. The molecule has 1 aliphatic carbocycles. The first-order chi connectivity index (χ1) is 14.6. The van der Waals surface area contributed by atoms with Crippen LogP contribution < -0.4 is 5.46 Å². The number of nitrogens with zero attached hydrogens (tertiary/aromatic N) is 3. The summed E-state index contributed by atoms with van der Waals surface area (Å²) in [6, 6.07) is 6.04. The summed E-state index contributed by atoms with van der Waals surface area (Å²) in [7, 11) is 1.49. The molecule has 3 rings (SSSR count). The minimum atomic E-state index is -0.588. The topological polar surface area (TPSA) is 63.5 Å². The molecule has 0 N–H and O–H groups in total. The minimum Gasteiger partial charge on any atom is -0.399 e. The highest BCUT2D eigenvalue weighted by Gasteiger charge is 2.52. The number of carbonyl (C=O) groups is 1. The van der Waals surface area contributed by atoms with Crippen LogP contribution in [0.2, 0.25) is 0 Å². The number of hydrogen-bond donors (Lipinski definition) is 0. The molecule has 6 nitrogen and oxygen atoms in total. The molecular weight excluding hydrogens is 389 g/mol. The molecule has 2 fully saturated rings. The van der Waals surface area contributed by atoms with Gasteiger partial charge in [-0.15, -0.1) is 0 Å². The number of aldehydes is 1. The molecule has 166 valence electrons. The Morgan fingerprint density at radius 2 is 1.81 bits per heavy atom. The number of benzene rings is 1. The molecule has 1 saturated carbocycles. The number of hydrogen-bond acceptors (Lipinski definition) is 5. The van der Waals surface area contributed by atoms with Gasteiger partial charge in [0.2, 0.25) is 0 Å². The molecule has 0 aromatic heterocycles. The van der Waals surface area contributed by atoms with E-state index in [0.29, 0.717) is 17.3 Å². The lowest BCUT2D eigenvalue weighted by atomic mass is 9.76. The summed E-state index contributed by atoms with van der Waals surface area (Å²) < 4.78 is 12.3. The molecule has 1 aliphatic heterocycles. The van der Waals surface area contributed by atoms with Crippen LogP contribution in [-0.2, 0) is 9.31 Å². The summed E-state index contributed by atoms with van der Waals surface area (Å²) in [6.45, 7) is 13.6. The zero-order chi connectivity index (χ0) is 22.8.